The molecule has 0 radical (unpaired) electrons. The summed E-state index contributed by atoms with van der Waals surface area (Å²) in [5.74, 6) is 0.549. The fraction of sp³-hybridized carbons (Fsp3) is 0.667. The Morgan fingerprint density at radius 3 is 2.42 bits per heavy atom. The van der Waals surface area contributed by atoms with Gasteiger partial charge in [0.05, 0.1) is 5.56 Å². The monoisotopic (exact) mass is 372 g/mol. The van der Waals surface area contributed by atoms with Crippen LogP contribution in [0.5, 0.6) is 0 Å². The van der Waals surface area contributed by atoms with E-state index in [9.17, 15) is 18.0 Å². The molecule has 8 heteroatoms. The Hall–Kier alpha value is -1.83. The van der Waals surface area contributed by atoms with Gasteiger partial charge in [-0.15, -0.1) is 0 Å². The van der Waals surface area contributed by atoms with Crippen LogP contribution in [0, 0.1) is 5.92 Å². The molecule has 5 nitrogen and oxygen atoms in total. The second kappa shape index (κ2) is 9.21. The molecule has 26 heavy (non-hydrogen) atoms. The van der Waals surface area contributed by atoms with Crippen molar-refractivity contribution in [2.75, 3.05) is 44.2 Å². The molecular formula is C18H27F3N4O. The Bertz CT molecular complexity index is 565. The van der Waals surface area contributed by atoms with Gasteiger partial charge in [-0.05, 0) is 38.1 Å². The van der Waals surface area contributed by atoms with Gasteiger partial charge < -0.3 is 15.1 Å². The average Bonchev–Trinajstić information content (AvgIpc) is 2.64. The van der Waals surface area contributed by atoms with Gasteiger partial charge in [0.25, 0.3) is 0 Å². The number of likely N-dealkylation sites (N-methyl/N-ethyl adjacent to an activating group) is 1. The number of hydrogen-bond acceptors (Lipinski definition) is 4. The number of piperidine rings is 1. The largest absolute Gasteiger partial charge is 0.417 e. The molecule has 1 saturated heterocycles. The maximum absolute atomic E-state index is 12.6. The molecule has 2 rings (SSSR count). The van der Waals surface area contributed by atoms with Gasteiger partial charge in [-0.1, -0.05) is 13.8 Å². The van der Waals surface area contributed by atoms with Gasteiger partial charge in [0.15, 0.2) is 0 Å². The van der Waals surface area contributed by atoms with E-state index in [1.54, 1.807) is 0 Å². The molecule has 1 aliphatic heterocycles. The summed E-state index contributed by atoms with van der Waals surface area (Å²) >= 11 is 0. The number of pyridine rings is 1. The Labute approximate surface area is 152 Å². The van der Waals surface area contributed by atoms with Crippen molar-refractivity contribution >= 4 is 11.7 Å². The standard InChI is InChI=1S/C18H27F3N4O/c1-3-24(4-2)12-9-22-17(26)14-7-10-25(11-8-14)16-6-5-15(13-23-16)18(19,20)21/h5-6,13-14H,3-4,7-12H2,1-2H3,(H,22,26). The predicted octanol–water partition coefficient (Wildman–Crippen LogP) is 2.77. The topological polar surface area (TPSA) is 48.5 Å². The molecule has 0 bridgehead atoms. The lowest BCUT2D eigenvalue weighted by Gasteiger charge is -2.32. The number of nitrogens with zero attached hydrogens (tertiary/aromatic N) is 3. The van der Waals surface area contributed by atoms with Crippen molar-refractivity contribution in [3.05, 3.63) is 23.9 Å². The molecule has 0 aromatic carbocycles. The summed E-state index contributed by atoms with van der Waals surface area (Å²) in [6.45, 7) is 8.83. The molecule has 146 valence electrons. The number of carbonyl (C=O) groups is 1. The molecule has 1 amide bonds. The van der Waals surface area contributed by atoms with Crippen molar-refractivity contribution in [1.29, 1.82) is 0 Å². The SMILES string of the molecule is CCN(CC)CCNC(=O)C1CCN(c2ccc(C(F)(F)F)cn2)CC1. The number of amides is 1. The van der Waals surface area contributed by atoms with Gasteiger partial charge in [0.2, 0.25) is 5.91 Å². The fourth-order valence-electron chi connectivity index (χ4n) is 3.13. The molecule has 0 unspecified atom stereocenters. The molecule has 1 aromatic heterocycles. The van der Waals surface area contributed by atoms with Crippen molar-refractivity contribution in [2.24, 2.45) is 5.92 Å². The zero-order chi connectivity index (χ0) is 19.2. The Morgan fingerprint density at radius 1 is 1.27 bits per heavy atom. The van der Waals surface area contributed by atoms with Crippen molar-refractivity contribution in [2.45, 2.75) is 32.9 Å². The van der Waals surface area contributed by atoms with E-state index in [1.165, 1.54) is 6.07 Å². The second-order valence-corrected chi connectivity index (χ2v) is 6.48. The maximum atomic E-state index is 12.6. The molecule has 0 atom stereocenters. The van der Waals surface area contributed by atoms with Crippen molar-refractivity contribution in [3.63, 3.8) is 0 Å². The number of nitrogens with one attached hydrogen (secondary N) is 1. The first-order valence-corrected chi connectivity index (χ1v) is 9.13. The number of carbonyl (C=O) groups excluding carboxylic acids is 1. The molecule has 0 saturated carbocycles. The van der Waals surface area contributed by atoms with E-state index in [2.05, 4.69) is 29.0 Å². The van der Waals surface area contributed by atoms with Gasteiger partial charge in [0.1, 0.15) is 5.82 Å². The van der Waals surface area contributed by atoms with E-state index in [0.29, 0.717) is 38.3 Å². The van der Waals surface area contributed by atoms with Crippen molar-refractivity contribution in [3.8, 4) is 0 Å². The summed E-state index contributed by atoms with van der Waals surface area (Å²) in [5, 5.41) is 2.99. The van der Waals surface area contributed by atoms with Crippen LogP contribution >= 0.6 is 0 Å². The van der Waals surface area contributed by atoms with Crippen LogP contribution in [0.25, 0.3) is 0 Å². The van der Waals surface area contributed by atoms with Gasteiger partial charge >= 0.3 is 6.18 Å². The predicted molar refractivity (Wildman–Crippen MR) is 95.0 cm³/mol. The zero-order valence-electron chi connectivity index (χ0n) is 15.4. The highest BCUT2D eigenvalue weighted by atomic mass is 19.4. The van der Waals surface area contributed by atoms with Gasteiger partial charge in [-0.25, -0.2) is 4.98 Å². The fourth-order valence-corrected chi connectivity index (χ4v) is 3.13. The Morgan fingerprint density at radius 2 is 1.92 bits per heavy atom. The van der Waals surface area contributed by atoms with E-state index in [4.69, 9.17) is 0 Å². The van der Waals surface area contributed by atoms with E-state index in [-0.39, 0.29) is 11.8 Å². The summed E-state index contributed by atoms with van der Waals surface area (Å²) in [6.07, 6.45) is -2.15. The summed E-state index contributed by atoms with van der Waals surface area (Å²) in [7, 11) is 0. The number of halogens is 3. The lowest BCUT2D eigenvalue weighted by Crippen LogP contribution is -2.42. The minimum atomic E-state index is -4.37. The number of hydrogen-bond donors (Lipinski definition) is 1. The van der Waals surface area contributed by atoms with E-state index in [0.717, 1.165) is 31.9 Å². The molecule has 1 aromatic rings. The maximum Gasteiger partial charge on any atom is 0.417 e. The highest BCUT2D eigenvalue weighted by Crippen LogP contribution is 2.30. The van der Waals surface area contributed by atoms with Gasteiger partial charge in [-0.2, -0.15) is 13.2 Å². The molecule has 1 aliphatic rings. The third-order valence-electron chi connectivity index (χ3n) is 4.89. The van der Waals surface area contributed by atoms with E-state index in [1.807, 2.05) is 4.90 Å². The molecule has 0 spiro atoms. The van der Waals surface area contributed by atoms with Crippen LogP contribution < -0.4 is 10.2 Å². The summed E-state index contributed by atoms with van der Waals surface area (Å²) in [6, 6.07) is 2.45. The van der Waals surface area contributed by atoms with Crippen LogP contribution in [0.4, 0.5) is 19.0 Å². The first-order chi connectivity index (χ1) is 12.3. The minimum absolute atomic E-state index is 0.0441. The van der Waals surface area contributed by atoms with Crippen molar-refractivity contribution in [1.82, 2.24) is 15.2 Å². The summed E-state index contributed by atoms with van der Waals surface area (Å²) in [5.41, 5.74) is -0.747. The molecule has 1 N–H and O–H groups in total. The molecule has 2 heterocycles. The number of aromatic nitrogens is 1. The quantitative estimate of drug-likeness (QED) is 0.800. The van der Waals surface area contributed by atoms with E-state index < -0.39 is 11.7 Å². The summed E-state index contributed by atoms with van der Waals surface area (Å²) < 4.78 is 37.8. The van der Waals surface area contributed by atoms with Crippen molar-refractivity contribution < 1.29 is 18.0 Å². The van der Waals surface area contributed by atoms with Gasteiger partial charge in [-0.3, -0.25) is 4.79 Å². The van der Waals surface area contributed by atoms with Crippen LogP contribution in [0.2, 0.25) is 0 Å². The first kappa shape index (κ1) is 20.5. The third kappa shape index (κ3) is 5.59. The smallest absolute Gasteiger partial charge is 0.357 e. The Balaban J connectivity index is 1.78. The van der Waals surface area contributed by atoms with Crippen LogP contribution in [-0.4, -0.2) is 55.1 Å². The third-order valence-corrected chi connectivity index (χ3v) is 4.89. The highest BCUT2D eigenvalue weighted by Gasteiger charge is 2.31. The molecular weight excluding hydrogens is 345 g/mol. The number of rotatable bonds is 7. The van der Waals surface area contributed by atoms with Gasteiger partial charge in [0, 0.05) is 38.3 Å². The molecule has 0 aliphatic carbocycles. The average molecular weight is 372 g/mol. The first-order valence-electron chi connectivity index (χ1n) is 9.13. The van der Waals surface area contributed by atoms with Crippen LogP contribution in [0.3, 0.4) is 0 Å². The zero-order valence-corrected chi connectivity index (χ0v) is 15.4. The van der Waals surface area contributed by atoms with Crippen LogP contribution in [0.15, 0.2) is 18.3 Å². The van der Waals surface area contributed by atoms with Crippen LogP contribution in [0.1, 0.15) is 32.3 Å². The highest BCUT2D eigenvalue weighted by molar-refractivity contribution is 5.78. The Kier molecular flexibility index (Phi) is 7.25. The minimum Gasteiger partial charge on any atom is -0.357 e. The van der Waals surface area contributed by atoms with Crippen LogP contribution in [-0.2, 0) is 11.0 Å². The second-order valence-electron chi connectivity index (χ2n) is 6.48. The lowest BCUT2D eigenvalue weighted by atomic mass is 9.96. The number of anilines is 1. The number of alkyl halides is 3. The summed E-state index contributed by atoms with van der Waals surface area (Å²) in [4.78, 5) is 20.4. The molecule has 1 fully saturated rings. The van der Waals surface area contributed by atoms with E-state index >= 15 is 0 Å². The normalized spacial score (nSPS) is 16.2. The lowest BCUT2D eigenvalue weighted by molar-refractivity contribution is -0.137.